The van der Waals surface area contributed by atoms with Gasteiger partial charge in [-0.05, 0) is 60.5 Å². The lowest BCUT2D eigenvalue weighted by molar-refractivity contribution is -0.139. The van der Waals surface area contributed by atoms with Crippen LogP contribution in [0.15, 0.2) is 53.5 Å². The van der Waals surface area contributed by atoms with Crippen LogP contribution in [0.2, 0.25) is 0 Å². The van der Waals surface area contributed by atoms with E-state index in [1.54, 1.807) is 23.2 Å². The topological polar surface area (TPSA) is 119 Å². The lowest BCUT2D eigenvalue weighted by Gasteiger charge is -2.25. The second-order valence-corrected chi connectivity index (χ2v) is 9.02. The third-order valence-corrected chi connectivity index (χ3v) is 6.69. The molecule has 0 unspecified atom stereocenters. The number of nitrogens with two attached hydrogens (primary N) is 1. The molecule has 3 aromatic rings. The maximum atomic E-state index is 13.1. The standard InChI is InChI=1S/C27H36N4O4/c1-4-27(3,26(33)30-34)11-14-31-13-10-21-17-20(7-9-23(21)25(31)32)22-8-6-19(16-24(22)28)18-29-12-15-35-5-2/h6-10,13,16-17,29,34H,4-5,11-12,14-15,18,28H2,1-3H3,(H,30,33)/t27-/m1/s1. The van der Waals surface area contributed by atoms with E-state index in [4.69, 9.17) is 15.7 Å². The smallest absolute Gasteiger partial charge is 0.258 e. The van der Waals surface area contributed by atoms with Crippen molar-refractivity contribution in [3.05, 3.63) is 64.6 Å². The Morgan fingerprint density at radius 2 is 1.97 bits per heavy atom. The highest BCUT2D eigenvalue weighted by Gasteiger charge is 2.30. The highest BCUT2D eigenvalue weighted by Crippen LogP contribution is 2.30. The summed E-state index contributed by atoms with van der Waals surface area (Å²) in [4.78, 5) is 25.1. The second kappa shape index (κ2) is 12.0. The Hall–Kier alpha value is -3.20. The molecule has 3 rings (SSSR count). The van der Waals surface area contributed by atoms with E-state index in [1.165, 1.54) is 0 Å². The highest BCUT2D eigenvalue weighted by atomic mass is 16.5. The Balaban J connectivity index is 1.77. The lowest BCUT2D eigenvalue weighted by atomic mass is 9.83. The number of aryl methyl sites for hydroxylation is 1. The van der Waals surface area contributed by atoms with Crippen molar-refractivity contribution in [1.82, 2.24) is 15.4 Å². The van der Waals surface area contributed by atoms with E-state index < -0.39 is 11.3 Å². The Bertz CT molecular complexity index is 1220. The molecule has 1 heterocycles. The molecule has 5 N–H and O–H groups in total. The first-order chi connectivity index (χ1) is 16.8. The zero-order chi connectivity index (χ0) is 25.4. The van der Waals surface area contributed by atoms with E-state index in [-0.39, 0.29) is 5.56 Å². The fourth-order valence-corrected chi connectivity index (χ4v) is 4.09. The minimum absolute atomic E-state index is 0.113. The number of nitrogens with one attached hydrogen (secondary N) is 2. The molecule has 0 radical (unpaired) electrons. The van der Waals surface area contributed by atoms with Crippen LogP contribution in [-0.2, 0) is 22.6 Å². The average Bonchev–Trinajstić information content (AvgIpc) is 2.87. The summed E-state index contributed by atoms with van der Waals surface area (Å²) in [5.74, 6) is -0.441. The number of ether oxygens (including phenoxy) is 1. The molecule has 1 atom stereocenters. The van der Waals surface area contributed by atoms with Gasteiger partial charge in [-0.25, -0.2) is 5.48 Å². The van der Waals surface area contributed by atoms with Crippen LogP contribution < -0.4 is 22.1 Å². The van der Waals surface area contributed by atoms with Gasteiger partial charge in [-0.2, -0.15) is 0 Å². The molecule has 1 aromatic heterocycles. The van der Waals surface area contributed by atoms with Crippen molar-refractivity contribution in [2.24, 2.45) is 5.41 Å². The third-order valence-electron chi connectivity index (χ3n) is 6.69. The molecule has 0 aliphatic rings. The number of hydrogen-bond acceptors (Lipinski definition) is 6. The van der Waals surface area contributed by atoms with Crippen molar-refractivity contribution in [1.29, 1.82) is 0 Å². The van der Waals surface area contributed by atoms with Gasteiger partial charge < -0.3 is 20.4 Å². The quantitative estimate of drug-likeness (QED) is 0.136. The van der Waals surface area contributed by atoms with Crippen LogP contribution in [0.1, 0.15) is 39.2 Å². The highest BCUT2D eigenvalue weighted by molar-refractivity contribution is 5.89. The number of hydrogen-bond donors (Lipinski definition) is 4. The number of pyridine rings is 1. The fraction of sp³-hybridized carbons (Fsp3) is 0.407. The monoisotopic (exact) mass is 480 g/mol. The first kappa shape index (κ1) is 26.4. The zero-order valence-electron chi connectivity index (χ0n) is 20.8. The summed E-state index contributed by atoms with van der Waals surface area (Å²) in [5, 5.41) is 13.8. The molecule has 8 heteroatoms. The molecule has 0 saturated carbocycles. The maximum Gasteiger partial charge on any atom is 0.258 e. The average molecular weight is 481 g/mol. The number of anilines is 1. The lowest BCUT2D eigenvalue weighted by Crippen LogP contribution is -2.38. The van der Waals surface area contributed by atoms with Gasteiger partial charge in [0.2, 0.25) is 5.91 Å². The molecule has 8 nitrogen and oxygen atoms in total. The number of carbonyl (C=O) groups excluding carboxylic acids is 1. The Morgan fingerprint density at radius 3 is 2.66 bits per heavy atom. The van der Waals surface area contributed by atoms with Crippen LogP contribution in [0.4, 0.5) is 5.69 Å². The maximum absolute atomic E-state index is 13.1. The number of nitrogen functional groups attached to an aromatic ring is 1. The summed E-state index contributed by atoms with van der Waals surface area (Å²) in [6.07, 6.45) is 2.74. The Labute approximate surface area is 206 Å². The first-order valence-corrected chi connectivity index (χ1v) is 12.1. The van der Waals surface area contributed by atoms with Crippen LogP contribution >= 0.6 is 0 Å². The van der Waals surface area contributed by atoms with Crippen molar-refractivity contribution in [3.8, 4) is 11.1 Å². The van der Waals surface area contributed by atoms with Gasteiger partial charge in [0.05, 0.1) is 6.61 Å². The van der Waals surface area contributed by atoms with Crippen LogP contribution in [0.25, 0.3) is 21.9 Å². The summed E-state index contributed by atoms with van der Waals surface area (Å²) in [6, 6.07) is 13.6. The number of aromatic nitrogens is 1. The predicted molar refractivity (Wildman–Crippen MR) is 139 cm³/mol. The third kappa shape index (κ3) is 6.28. The van der Waals surface area contributed by atoms with Gasteiger partial charge >= 0.3 is 0 Å². The summed E-state index contributed by atoms with van der Waals surface area (Å²) in [6.45, 7) is 8.91. The van der Waals surface area contributed by atoms with Crippen molar-refractivity contribution in [3.63, 3.8) is 0 Å². The van der Waals surface area contributed by atoms with Crippen LogP contribution in [0.5, 0.6) is 0 Å². The first-order valence-electron chi connectivity index (χ1n) is 12.1. The van der Waals surface area contributed by atoms with E-state index in [0.717, 1.165) is 28.6 Å². The summed E-state index contributed by atoms with van der Waals surface area (Å²) >= 11 is 0. The number of carbonyl (C=O) groups is 1. The molecular formula is C27H36N4O4. The molecule has 0 aliphatic carbocycles. The van der Waals surface area contributed by atoms with Crippen LogP contribution in [-0.4, -0.2) is 35.4 Å². The largest absolute Gasteiger partial charge is 0.398 e. The second-order valence-electron chi connectivity index (χ2n) is 9.02. The molecule has 0 spiro atoms. The SMILES string of the molecule is CCOCCNCc1ccc(-c2ccc3c(=O)n(CC[C@@](C)(CC)C(=O)NO)ccc3c2)c(N)c1. The summed E-state index contributed by atoms with van der Waals surface area (Å²) in [7, 11) is 0. The van der Waals surface area contributed by atoms with E-state index in [2.05, 4.69) is 11.4 Å². The van der Waals surface area contributed by atoms with Crippen molar-refractivity contribution < 1.29 is 14.7 Å². The zero-order valence-corrected chi connectivity index (χ0v) is 20.8. The van der Waals surface area contributed by atoms with Gasteiger partial charge in [-0.3, -0.25) is 14.8 Å². The van der Waals surface area contributed by atoms with Gasteiger partial charge in [0.1, 0.15) is 0 Å². The van der Waals surface area contributed by atoms with Crippen molar-refractivity contribution in [2.45, 2.75) is 46.7 Å². The molecule has 0 bridgehead atoms. The van der Waals surface area contributed by atoms with E-state index in [1.807, 2.05) is 50.2 Å². The Morgan fingerprint density at radius 1 is 1.17 bits per heavy atom. The molecule has 0 saturated heterocycles. The van der Waals surface area contributed by atoms with E-state index in [0.29, 0.717) is 50.2 Å². The fourth-order valence-electron chi connectivity index (χ4n) is 4.09. The molecular weight excluding hydrogens is 444 g/mol. The van der Waals surface area contributed by atoms with Crippen LogP contribution in [0.3, 0.4) is 0 Å². The van der Waals surface area contributed by atoms with Gasteiger partial charge in [0.15, 0.2) is 0 Å². The molecule has 1 amide bonds. The predicted octanol–water partition coefficient (Wildman–Crippen LogP) is 3.69. The molecule has 0 aliphatic heterocycles. The summed E-state index contributed by atoms with van der Waals surface area (Å²) in [5.41, 5.74) is 10.9. The molecule has 188 valence electrons. The summed E-state index contributed by atoms with van der Waals surface area (Å²) < 4.78 is 6.95. The molecule has 0 fully saturated rings. The van der Waals surface area contributed by atoms with E-state index >= 15 is 0 Å². The number of hydroxylamine groups is 1. The van der Waals surface area contributed by atoms with Gasteiger partial charge in [-0.15, -0.1) is 0 Å². The van der Waals surface area contributed by atoms with Crippen molar-refractivity contribution >= 4 is 22.4 Å². The van der Waals surface area contributed by atoms with Gasteiger partial charge in [0.25, 0.3) is 5.56 Å². The number of rotatable bonds is 12. The van der Waals surface area contributed by atoms with Crippen molar-refractivity contribution in [2.75, 3.05) is 25.5 Å². The van der Waals surface area contributed by atoms with Crippen LogP contribution in [0, 0.1) is 5.41 Å². The Kier molecular flexibility index (Phi) is 9.03. The number of amides is 1. The van der Waals surface area contributed by atoms with Gasteiger partial charge in [0, 0.05) is 54.5 Å². The van der Waals surface area contributed by atoms with Gasteiger partial charge in [-0.1, -0.05) is 32.0 Å². The molecule has 35 heavy (non-hydrogen) atoms. The number of benzene rings is 2. The normalized spacial score (nSPS) is 13.0. The van der Waals surface area contributed by atoms with E-state index in [9.17, 15) is 9.59 Å². The minimum Gasteiger partial charge on any atom is -0.398 e. The molecule has 2 aromatic carbocycles. The number of nitrogens with zero attached hydrogens (tertiary/aromatic N) is 1. The number of fused-ring (bicyclic) bond motifs is 1. The minimum atomic E-state index is -0.754.